The van der Waals surface area contributed by atoms with Crippen molar-refractivity contribution in [1.29, 1.82) is 0 Å². The summed E-state index contributed by atoms with van der Waals surface area (Å²) in [5.74, 6) is 0.808. The van der Waals surface area contributed by atoms with Crippen molar-refractivity contribution in [2.24, 2.45) is 5.92 Å². The first-order valence-corrected chi connectivity index (χ1v) is 10.1. The molecule has 0 spiro atoms. The highest BCUT2D eigenvalue weighted by Crippen LogP contribution is 2.24. The van der Waals surface area contributed by atoms with Crippen LogP contribution >= 0.6 is 0 Å². The van der Waals surface area contributed by atoms with E-state index in [1.54, 1.807) is 0 Å². The smallest absolute Gasteiger partial charge is 0.151 e. The lowest BCUT2D eigenvalue weighted by atomic mass is 9.95. The van der Waals surface area contributed by atoms with Crippen LogP contribution in [0.2, 0.25) is 0 Å². The summed E-state index contributed by atoms with van der Waals surface area (Å²) in [5.41, 5.74) is 0. The van der Waals surface area contributed by atoms with Gasteiger partial charge in [-0.2, -0.15) is 0 Å². The number of likely N-dealkylation sites (tertiary alicyclic amines) is 1. The van der Waals surface area contributed by atoms with Gasteiger partial charge in [0.2, 0.25) is 0 Å². The van der Waals surface area contributed by atoms with Gasteiger partial charge < -0.3 is 10.2 Å². The van der Waals surface area contributed by atoms with Gasteiger partial charge in [-0.05, 0) is 38.1 Å². The van der Waals surface area contributed by atoms with Crippen LogP contribution in [0.4, 0.5) is 0 Å². The Hall–Kier alpha value is -0.130. The van der Waals surface area contributed by atoms with Crippen molar-refractivity contribution < 1.29 is 8.42 Å². The van der Waals surface area contributed by atoms with Gasteiger partial charge in [0.15, 0.2) is 9.84 Å². The molecule has 0 bridgehead atoms. The first kappa shape index (κ1) is 16.2. The zero-order chi connectivity index (χ0) is 14.6. The van der Waals surface area contributed by atoms with E-state index in [4.69, 9.17) is 0 Å². The molecule has 2 fully saturated rings. The van der Waals surface area contributed by atoms with Crippen LogP contribution in [0.1, 0.15) is 45.4 Å². The molecule has 1 saturated heterocycles. The van der Waals surface area contributed by atoms with Gasteiger partial charge in [0, 0.05) is 31.9 Å². The largest absolute Gasteiger partial charge is 0.311 e. The first-order valence-electron chi connectivity index (χ1n) is 8.11. The van der Waals surface area contributed by atoms with Crippen molar-refractivity contribution in [3.63, 3.8) is 0 Å². The average Bonchev–Trinajstić information content (AvgIpc) is 2.38. The molecule has 1 N–H and O–H groups in total. The predicted molar refractivity (Wildman–Crippen MR) is 83.7 cm³/mol. The van der Waals surface area contributed by atoms with Gasteiger partial charge in [-0.15, -0.1) is 0 Å². The Bertz CT molecular complexity index is 397. The molecular weight excluding hydrogens is 272 g/mol. The van der Waals surface area contributed by atoms with E-state index in [1.165, 1.54) is 32.2 Å². The summed E-state index contributed by atoms with van der Waals surface area (Å²) in [6.07, 6.45) is 8.10. The summed E-state index contributed by atoms with van der Waals surface area (Å²) >= 11 is 0. The van der Waals surface area contributed by atoms with Crippen LogP contribution < -0.4 is 5.32 Å². The van der Waals surface area contributed by atoms with Crippen molar-refractivity contribution in [1.82, 2.24) is 10.2 Å². The summed E-state index contributed by atoms with van der Waals surface area (Å²) in [4.78, 5) is 2.51. The fourth-order valence-electron chi connectivity index (χ4n) is 3.74. The highest BCUT2D eigenvalue weighted by atomic mass is 32.2. The minimum atomic E-state index is -2.92. The molecule has 4 nitrogen and oxygen atoms in total. The van der Waals surface area contributed by atoms with Gasteiger partial charge in [-0.1, -0.05) is 19.8 Å². The molecule has 0 amide bonds. The Kier molecular flexibility index (Phi) is 5.87. The maximum atomic E-state index is 11.9. The molecule has 3 atom stereocenters. The minimum Gasteiger partial charge on any atom is -0.311 e. The highest BCUT2D eigenvalue weighted by Gasteiger charge is 2.32. The molecule has 0 aromatic heterocycles. The van der Waals surface area contributed by atoms with E-state index < -0.39 is 9.84 Å². The van der Waals surface area contributed by atoms with Crippen LogP contribution in [0.5, 0.6) is 0 Å². The average molecular weight is 302 g/mol. The summed E-state index contributed by atoms with van der Waals surface area (Å²) in [6.45, 7) is 6.69. The molecule has 0 radical (unpaired) electrons. The normalized spacial score (nSPS) is 33.2. The van der Waals surface area contributed by atoms with E-state index in [-0.39, 0.29) is 11.3 Å². The minimum absolute atomic E-state index is 0.168. The van der Waals surface area contributed by atoms with Crippen LogP contribution in [0.25, 0.3) is 0 Å². The second-order valence-corrected chi connectivity index (χ2v) is 9.03. The highest BCUT2D eigenvalue weighted by molar-refractivity contribution is 7.91. The van der Waals surface area contributed by atoms with Gasteiger partial charge in [-0.3, -0.25) is 0 Å². The SMILES string of the molecule is C[C@@H]1CCCN(CCN[C@H]2CCCC[C@@H]2S(C)(=O)=O)C1. The summed E-state index contributed by atoms with van der Waals surface area (Å²) in [7, 11) is -2.92. The van der Waals surface area contributed by atoms with E-state index in [9.17, 15) is 8.42 Å². The lowest BCUT2D eigenvalue weighted by Gasteiger charge is -2.34. The molecule has 0 aromatic carbocycles. The van der Waals surface area contributed by atoms with Gasteiger partial charge in [0.1, 0.15) is 0 Å². The van der Waals surface area contributed by atoms with Gasteiger partial charge >= 0.3 is 0 Å². The van der Waals surface area contributed by atoms with Crippen LogP contribution in [0.15, 0.2) is 0 Å². The molecule has 118 valence electrons. The zero-order valence-corrected chi connectivity index (χ0v) is 13.8. The van der Waals surface area contributed by atoms with E-state index in [2.05, 4.69) is 17.1 Å². The maximum absolute atomic E-state index is 11.9. The van der Waals surface area contributed by atoms with Crippen LogP contribution in [-0.2, 0) is 9.84 Å². The van der Waals surface area contributed by atoms with Gasteiger partial charge in [0.25, 0.3) is 0 Å². The standard InChI is InChI=1S/C15H30N2O2S/c1-13-6-5-10-17(12-13)11-9-16-14-7-3-4-8-15(14)20(2,18)19/h13-16H,3-12H2,1-2H3/t13-,14+,15+/m1/s1. The van der Waals surface area contributed by atoms with Crippen molar-refractivity contribution in [3.05, 3.63) is 0 Å². The zero-order valence-electron chi connectivity index (χ0n) is 13.0. The van der Waals surface area contributed by atoms with E-state index in [1.807, 2.05) is 0 Å². The lowest BCUT2D eigenvalue weighted by Crippen LogP contribution is -2.48. The third-order valence-corrected chi connectivity index (χ3v) is 6.49. The second-order valence-electron chi connectivity index (χ2n) is 6.76. The summed E-state index contributed by atoms with van der Waals surface area (Å²) in [6, 6.07) is 0.168. The molecular formula is C15H30N2O2S. The molecule has 0 unspecified atom stereocenters. The molecule has 0 aromatic rings. The number of hydrogen-bond donors (Lipinski definition) is 1. The molecule has 20 heavy (non-hydrogen) atoms. The molecule has 5 heteroatoms. The van der Waals surface area contributed by atoms with Crippen LogP contribution in [-0.4, -0.2) is 57.0 Å². The van der Waals surface area contributed by atoms with Crippen molar-refractivity contribution in [2.45, 2.75) is 56.7 Å². The predicted octanol–water partition coefficient (Wildman–Crippen LogP) is 1.66. The molecule has 2 aliphatic rings. The first-order chi connectivity index (χ1) is 9.47. The van der Waals surface area contributed by atoms with Crippen molar-refractivity contribution in [3.8, 4) is 0 Å². The molecule has 1 saturated carbocycles. The summed E-state index contributed by atoms with van der Waals surface area (Å²) in [5, 5.41) is 3.35. The van der Waals surface area contributed by atoms with E-state index >= 15 is 0 Å². The Morgan fingerprint density at radius 3 is 2.60 bits per heavy atom. The van der Waals surface area contributed by atoms with E-state index in [0.29, 0.717) is 0 Å². The maximum Gasteiger partial charge on any atom is 0.151 e. The number of nitrogens with one attached hydrogen (secondary N) is 1. The Balaban J connectivity index is 1.77. The number of nitrogens with zero attached hydrogens (tertiary/aromatic N) is 1. The van der Waals surface area contributed by atoms with Crippen molar-refractivity contribution >= 4 is 9.84 Å². The van der Waals surface area contributed by atoms with Crippen molar-refractivity contribution in [2.75, 3.05) is 32.4 Å². The fraction of sp³-hybridized carbons (Fsp3) is 1.00. The number of rotatable bonds is 5. The Morgan fingerprint density at radius 1 is 1.15 bits per heavy atom. The summed E-state index contributed by atoms with van der Waals surface area (Å²) < 4.78 is 23.7. The second kappa shape index (κ2) is 7.23. The third-order valence-electron chi connectivity index (χ3n) is 4.83. The van der Waals surface area contributed by atoms with Crippen LogP contribution in [0.3, 0.4) is 0 Å². The topological polar surface area (TPSA) is 49.4 Å². The Labute approximate surface area is 124 Å². The molecule has 1 heterocycles. The van der Waals surface area contributed by atoms with E-state index in [0.717, 1.165) is 44.7 Å². The number of sulfone groups is 1. The quantitative estimate of drug-likeness (QED) is 0.839. The Morgan fingerprint density at radius 2 is 1.90 bits per heavy atom. The lowest BCUT2D eigenvalue weighted by molar-refractivity contribution is 0.181. The van der Waals surface area contributed by atoms with Gasteiger partial charge in [-0.25, -0.2) is 8.42 Å². The monoisotopic (exact) mass is 302 g/mol. The van der Waals surface area contributed by atoms with Crippen LogP contribution in [0, 0.1) is 5.92 Å². The number of hydrogen-bond acceptors (Lipinski definition) is 4. The number of piperidine rings is 1. The van der Waals surface area contributed by atoms with Gasteiger partial charge in [0.05, 0.1) is 5.25 Å². The molecule has 1 aliphatic carbocycles. The third kappa shape index (κ3) is 4.71. The fourth-order valence-corrected chi connectivity index (χ4v) is 5.16. The molecule has 1 aliphatic heterocycles. The molecule has 2 rings (SSSR count).